The van der Waals surface area contributed by atoms with Crippen LogP contribution in [0.3, 0.4) is 0 Å². The van der Waals surface area contributed by atoms with Gasteiger partial charge in [-0.3, -0.25) is 0 Å². The van der Waals surface area contributed by atoms with Crippen LogP contribution < -0.4 is 9.62 Å². The van der Waals surface area contributed by atoms with E-state index in [9.17, 15) is 0 Å². The van der Waals surface area contributed by atoms with Crippen LogP contribution in [0.5, 0.6) is 0 Å². The molecule has 3 nitrogen and oxygen atoms in total. The highest BCUT2D eigenvalue weighted by molar-refractivity contribution is 6.73. The molecule has 4 aromatic rings. The number of hydrogen-bond acceptors (Lipinski definition) is 2. The molecule has 2 aliphatic heterocycles. The van der Waals surface area contributed by atoms with Gasteiger partial charge in [-0.25, -0.2) is 0 Å². The lowest BCUT2D eigenvalue weighted by Gasteiger charge is -2.36. The first-order valence-electron chi connectivity index (χ1n) is 8.92. The average Bonchev–Trinajstić information content (AvgIpc) is 3.32. The Morgan fingerprint density at radius 2 is 1.19 bits per heavy atom. The summed E-state index contributed by atoms with van der Waals surface area (Å²) in [6.45, 7) is 0. The van der Waals surface area contributed by atoms with Crippen LogP contribution in [0.15, 0.2) is 97.2 Å². The summed E-state index contributed by atoms with van der Waals surface area (Å²) in [5.41, 5.74) is 7.48. The summed E-state index contributed by atoms with van der Waals surface area (Å²) in [5.74, 6) is 0. The number of aromatic nitrogens is 1. The second-order valence-electron chi connectivity index (χ2n) is 6.73. The molecule has 3 aromatic carbocycles. The highest BCUT2D eigenvalue weighted by atomic mass is 15.4. The number of nitrogens with zero attached hydrogens (tertiary/aromatic N) is 3. The fourth-order valence-corrected chi connectivity index (χ4v) is 4.32. The van der Waals surface area contributed by atoms with Crippen LogP contribution >= 0.6 is 0 Å². The highest BCUT2D eigenvalue weighted by Gasteiger charge is 2.48. The Kier molecular flexibility index (Phi) is 2.69. The molecule has 122 valence electrons. The van der Waals surface area contributed by atoms with E-state index in [0.717, 1.165) is 0 Å². The van der Waals surface area contributed by atoms with Gasteiger partial charge in [0.1, 0.15) is 0 Å². The van der Waals surface area contributed by atoms with Crippen LogP contribution in [-0.4, -0.2) is 11.6 Å². The zero-order valence-corrected chi connectivity index (χ0v) is 14.2. The second kappa shape index (κ2) is 5.05. The van der Waals surface area contributed by atoms with Crippen LogP contribution in [0.25, 0.3) is 11.3 Å². The van der Waals surface area contributed by atoms with E-state index in [4.69, 9.17) is 0 Å². The maximum Gasteiger partial charge on any atom is 0.518 e. The monoisotopic (exact) mass is 333 g/mol. The number of benzene rings is 3. The Bertz CT molecular complexity index is 1090. The third-order valence-electron chi connectivity index (χ3n) is 5.36. The maximum absolute atomic E-state index is 2.45. The van der Waals surface area contributed by atoms with Gasteiger partial charge in [-0.1, -0.05) is 48.5 Å². The Hall–Kier alpha value is -3.40. The van der Waals surface area contributed by atoms with Gasteiger partial charge in [0.15, 0.2) is 0 Å². The second-order valence-corrected chi connectivity index (χ2v) is 6.73. The fraction of sp³-hybridized carbons (Fsp3) is 0. The summed E-state index contributed by atoms with van der Waals surface area (Å²) in [7, 11) is 0.0645. The summed E-state index contributed by atoms with van der Waals surface area (Å²) in [6.07, 6.45) is 2.19. The molecule has 0 radical (unpaired) electrons. The van der Waals surface area contributed by atoms with Gasteiger partial charge in [0.05, 0.1) is 11.4 Å². The van der Waals surface area contributed by atoms with Crippen molar-refractivity contribution in [1.82, 2.24) is 4.48 Å². The molecule has 4 heteroatoms. The predicted molar refractivity (Wildman–Crippen MR) is 108 cm³/mol. The van der Waals surface area contributed by atoms with Gasteiger partial charge in [-0.15, -0.1) is 0 Å². The number of para-hydroxylation sites is 4. The number of anilines is 4. The minimum absolute atomic E-state index is 0.0645. The molecular formula is C22H16BN3. The molecule has 0 unspecified atom stereocenters. The third-order valence-corrected chi connectivity index (χ3v) is 5.36. The molecule has 1 aromatic heterocycles. The molecule has 0 N–H and O–H groups in total. The van der Waals surface area contributed by atoms with Crippen molar-refractivity contribution in [2.45, 2.75) is 0 Å². The lowest BCUT2D eigenvalue weighted by atomic mass is 9.82. The first-order valence-corrected chi connectivity index (χ1v) is 8.92. The van der Waals surface area contributed by atoms with Gasteiger partial charge < -0.3 is 14.1 Å². The summed E-state index contributed by atoms with van der Waals surface area (Å²) < 4.78 is 2.37. The largest absolute Gasteiger partial charge is 0.518 e. The minimum atomic E-state index is 0.0645. The van der Waals surface area contributed by atoms with E-state index in [0.29, 0.717) is 0 Å². The average molecular weight is 333 g/mol. The molecule has 3 heterocycles. The van der Waals surface area contributed by atoms with E-state index in [2.05, 4.69) is 111 Å². The van der Waals surface area contributed by atoms with Crippen LogP contribution in [-0.2, 0) is 0 Å². The van der Waals surface area contributed by atoms with Gasteiger partial charge in [-0.2, -0.15) is 0 Å². The minimum Gasteiger partial charge on any atom is -0.351 e. The van der Waals surface area contributed by atoms with E-state index in [1.54, 1.807) is 0 Å². The summed E-state index contributed by atoms with van der Waals surface area (Å²) in [5, 5.41) is 0. The van der Waals surface area contributed by atoms with Gasteiger partial charge in [0.25, 0.3) is 0 Å². The van der Waals surface area contributed by atoms with Crippen molar-refractivity contribution < 1.29 is 0 Å². The Morgan fingerprint density at radius 3 is 2.00 bits per heavy atom. The molecular weight excluding hydrogens is 317 g/mol. The highest BCUT2D eigenvalue weighted by Crippen LogP contribution is 2.51. The molecule has 0 aliphatic carbocycles. The first-order chi connectivity index (χ1) is 12.9. The lowest BCUT2D eigenvalue weighted by molar-refractivity contribution is 1.12. The zero-order valence-electron chi connectivity index (χ0n) is 14.2. The molecule has 6 rings (SSSR count). The summed E-state index contributed by atoms with van der Waals surface area (Å²) in [6, 6.07) is 32.4. The van der Waals surface area contributed by atoms with Crippen molar-refractivity contribution in [3.8, 4) is 11.3 Å². The Morgan fingerprint density at radius 1 is 0.538 bits per heavy atom. The fourth-order valence-electron chi connectivity index (χ4n) is 4.32. The first kappa shape index (κ1) is 13.8. The quantitative estimate of drug-likeness (QED) is 0.438. The van der Waals surface area contributed by atoms with Crippen molar-refractivity contribution in [1.29, 1.82) is 0 Å². The Labute approximate surface area is 152 Å². The van der Waals surface area contributed by atoms with Gasteiger partial charge in [0.2, 0.25) is 0 Å². The van der Waals surface area contributed by atoms with Gasteiger partial charge in [0, 0.05) is 22.6 Å². The third kappa shape index (κ3) is 1.68. The van der Waals surface area contributed by atoms with Gasteiger partial charge >= 0.3 is 7.12 Å². The van der Waals surface area contributed by atoms with E-state index < -0.39 is 0 Å². The molecule has 0 fully saturated rings. The molecule has 0 saturated heterocycles. The normalized spacial score (nSPS) is 13.9. The van der Waals surface area contributed by atoms with Crippen molar-refractivity contribution in [2.75, 3.05) is 9.62 Å². The lowest BCUT2D eigenvalue weighted by Crippen LogP contribution is -2.51. The van der Waals surface area contributed by atoms with Crippen LogP contribution in [0.4, 0.5) is 22.7 Å². The number of fused-ring (bicyclic) bond motifs is 8. The molecule has 26 heavy (non-hydrogen) atoms. The van der Waals surface area contributed by atoms with Crippen LogP contribution in [0.1, 0.15) is 0 Å². The molecule has 0 amide bonds. The smallest absolute Gasteiger partial charge is 0.351 e. The Balaban J connectivity index is 1.69. The zero-order chi connectivity index (χ0) is 17.1. The van der Waals surface area contributed by atoms with Crippen molar-refractivity contribution in [3.05, 3.63) is 97.2 Å². The molecule has 0 bridgehead atoms. The van der Waals surface area contributed by atoms with Crippen molar-refractivity contribution in [2.24, 2.45) is 0 Å². The van der Waals surface area contributed by atoms with Gasteiger partial charge in [-0.05, 0) is 48.7 Å². The standard InChI is InChI=1S/C22H16BN3/c1-2-9-17(10-3-1)25-21-13-6-7-14-22(21)26-20-12-5-4-11-18(20)19-15-8-16-24(19)23(25)26/h1-16H. The topological polar surface area (TPSA) is 11.4 Å². The SMILES string of the molecule is c1ccc(N2B3N(c4ccccc4-c4cccn43)c3ccccc32)cc1. The summed E-state index contributed by atoms with van der Waals surface area (Å²) in [4.78, 5) is 4.87. The van der Waals surface area contributed by atoms with E-state index in [1.165, 1.54) is 34.0 Å². The molecule has 0 spiro atoms. The number of hydrogen-bond donors (Lipinski definition) is 0. The predicted octanol–water partition coefficient (Wildman–Crippen LogP) is 5.29. The van der Waals surface area contributed by atoms with E-state index >= 15 is 0 Å². The molecule has 2 aliphatic rings. The molecule has 0 saturated carbocycles. The van der Waals surface area contributed by atoms with Crippen LogP contribution in [0.2, 0.25) is 0 Å². The van der Waals surface area contributed by atoms with Crippen LogP contribution in [0, 0.1) is 0 Å². The molecule has 0 atom stereocenters. The van der Waals surface area contributed by atoms with Crippen molar-refractivity contribution in [3.63, 3.8) is 0 Å². The van der Waals surface area contributed by atoms with Crippen molar-refractivity contribution >= 4 is 29.9 Å². The summed E-state index contributed by atoms with van der Waals surface area (Å²) >= 11 is 0. The van der Waals surface area contributed by atoms with E-state index in [1.807, 2.05) is 0 Å². The number of rotatable bonds is 1. The van der Waals surface area contributed by atoms with E-state index in [-0.39, 0.29) is 7.12 Å². The maximum atomic E-state index is 2.45.